The van der Waals surface area contributed by atoms with Crippen molar-refractivity contribution in [3.8, 4) is 5.75 Å². The highest BCUT2D eigenvalue weighted by Crippen LogP contribution is 2.28. The Balaban J connectivity index is 2.09. The van der Waals surface area contributed by atoms with Crippen LogP contribution >= 0.6 is 23.2 Å². The van der Waals surface area contributed by atoms with Gasteiger partial charge in [-0.25, -0.2) is 9.59 Å². The zero-order chi connectivity index (χ0) is 21.9. The van der Waals surface area contributed by atoms with E-state index in [-0.39, 0.29) is 22.0 Å². The molecule has 0 spiro atoms. The van der Waals surface area contributed by atoms with Gasteiger partial charge in [-0.05, 0) is 51.5 Å². The van der Waals surface area contributed by atoms with Gasteiger partial charge >= 0.3 is 11.9 Å². The smallest absolute Gasteiger partial charge is 0.347 e. The lowest BCUT2D eigenvalue weighted by Crippen LogP contribution is -2.33. The first-order valence-corrected chi connectivity index (χ1v) is 9.46. The maximum atomic E-state index is 12.7. The Labute approximate surface area is 178 Å². The van der Waals surface area contributed by atoms with Gasteiger partial charge in [0.25, 0.3) is 0 Å². The van der Waals surface area contributed by atoms with Gasteiger partial charge in [-0.1, -0.05) is 23.2 Å². The van der Waals surface area contributed by atoms with Crippen molar-refractivity contribution in [2.24, 2.45) is 0 Å². The van der Waals surface area contributed by atoms with E-state index in [1.165, 1.54) is 33.1 Å². The molecule has 0 unspecified atom stereocenters. The SMILES string of the molecule is COC(=O)c1c(C)[nH]c(C(=O)[C@@H](C)OC(=O)[C@@H](C)Oc2ccc(Cl)cc2Cl)c1C. The molecule has 156 valence electrons. The van der Waals surface area contributed by atoms with Crippen molar-refractivity contribution < 1.29 is 28.6 Å². The molecule has 1 aromatic heterocycles. The summed E-state index contributed by atoms with van der Waals surface area (Å²) in [4.78, 5) is 39.8. The Morgan fingerprint density at radius 3 is 2.31 bits per heavy atom. The minimum absolute atomic E-state index is 0.178. The summed E-state index contributed by atoms with van der Waals surface area (Å²) in [6.07, 6.45) is -2.11. The Bertz CT molecular complexity index is 953. The van der Waals surface area contributed by atoms with Crippen molar-refractivity contribution in [2.45, 2.75) is 39.9 Å². The third kappa shape index (κ3) is 5.10. The van der Waals surface area contributed by atoms with Crippen molar-refractivity contribution >= 4 is 40.9 Å². The van der Waals surface area contributed by atoms with Crippen LogP contribution in [0.25, 0.3) is 0 Å². The summed E-state index contributed by atoms with van der Waals surface area (Å²) in [5.41, 5.74) is 1.38. The van der Waals surface area contributed by atoms with Crippen molar-refractivity contribution in [2.75, 3.05) is 7.11 Å². The second kappa shape index (κ2) is 9.33. The number of ether oxygens (including phenoxy) is 3. The highest BCUT2D eigenvalue weighted by molar-refractivity contribution is 6.35. The van der Waals surface area contributed by atoms with Crippen LogP contribution in [0.2, 0.25) is 10.0 Å². The second-order valence-corrected chi connectivity index (χ2v) is 7.24. The number of carbonyl (C=O) groups excluding carboxylic acids is 3. The standard InChI is InChI=1S/C20H21Cl2NO6/c1-9-16(20(26)27-5)10(2)23-17(9)18(24)11(3)29-19(25)12(4)28-15-7-6-13(21)8-14(15)22/h6-8,11-12,23H,1-5H3/t11-,12-/m1/s1. The molecule has 1 N–H and O–H groups in total. The molecule has 2 aromatic rings. The van der Waals surface area contributed by atoms with Crippen molar-refractivity contribution in [3.63, 3.8) is 0 Å². The van der Waals surface area contributed by atoms with Gasteiger partial charge in [0.1, 0.15) is 5.75 Å². The first-order chi connectivity index (χ1) is 13.6. The molecule has 0 saturated heterocycles. The van der Waals surface area contributed by atoms with E-state index in [1.54, 1.807) is 19.9 Å². The molecule has 0 aliphatic rings. The van der Waals surface area contributed by atoms with Crippen molar-refractivity contribution in [1.82, 2.24) is 4.98 Å². The maximum Gasteiger partial charge on any atom is 0.347 e. The average Bonchev–Trinajstić information content (AvgIpc) is 2.96. The number of methoxy groups -OCH3 is 1. The minimum atomic E-state index is -1.10. The highest BCUT2D eigenvalue weighted by Gasteiger charge is 2.29. The predicted molar refractivity (Wildman–Crippen MR) is 108 cm³/mol. The van der Waals surface area contributed by atoms with Gasteiger partial charge in [-0.3, -0.25) is 4.79 Å². The first-order valence-electron chi connectivity index (χ1n) is 8.70. The molecule has 1 heterocycles. The van der Waals surface area contributed by atoms with Gasteiger partial charge in [-0.2, -0.15) is 0 Å². The number of aromatic amines is 1. The Hall–Kier alpha value is -2.51. The fourth-order valence-corrected chi connectivity index (χ4v) is 3.19. The lowest BCUT2D eigenvalue weighted by Gasteiger charge is -2.18. The topological polar surface area (TPSA) is 94.7 Å². The van der Waals surface area contributed by atoms with Crippen LogP contribution in [0, 0.1) is 13.8 Å². The number of benzene rings is 1. The second-order valence-electron chi connectivity index (χ2n) is 6.39. The molecule has 0 amide bonds. The number of H-pyrrole nitrogens is 1. The molecule has 1 aromatic carbocycles. The van der Waals surface area contributed by atoms with Crippen LogP contribution in [0.4, 0.5) is 0 Å². The van der Waals surface area contributed by atoms with Gasteiger partial charge < -0.3 is 19.2 Å². The van der Waals surface area contributed by atoms with E-state index >= 15 is 0 Å². The summed E-state index contributed by atoms with van der Waals surface area (Å²) >= 11 is 11.9. The summed E-state index contributed by atoms with van der Waals surface area (Å²) in [5.74, 6) is -1.52. The van der Waals surface area contributed by atoms with Crippen LogP contribution < -0.4 is 4.74 Å². The zero-order valence-electron chi connectivity index (χ0n) is 16.6. The summed E-state index contributed by atoms with van der Waals surface area (Å²) in [6.45, 7) is 6.18. The number of rotatable bonds is 7. The van der Waals surface area contributed by atoms with E-state index in [0.29, 0.717) is 16.3 Å². The molecule has 2 rings (SSSR count). The van der Waals surface area contributed by atoms with E-state index in [0.717, 1.165) is 0 Å². The van der Waals surface area contributed by atoms with Gasteiger partial charge in [-0.15, -0.1) is 0 Å². The third-order valence-corrected chi connectivity index (χ3v) is 4.80. The van der Waals surface area contributed by atoms with Crippen LogP contribution in [0.15, 0.2) is 18.2 Å². The van der Waals surface area contributed by atoms with Gasteiger partial charge in [0.05, 0.1) is 23.4 Å². The quantitative estimate of drug-likeness (QED) is 0.508. The van der Waals surface area contributed by atoms with Crippen LogP contribution in [-0.2, 0) is 14.3 Å². The average molecular weight is 442 g/mol. The molecular weight excluding hydrogens is 421 g/mol. The first kappa shape index (κ1) is 22.8. The van der Waals surface area contributed by atoms with Crippen molar-refractivity contribution in [3.05, 3.63) is 50.8 Å². The number of aryl methyl sites for hydroxylation is 1. The summed E-state index contributed by atoms with van der Waals surface area (Å²) in [5, 5.41) is 0.675. The Kier molecular flexibility index (Phi) is 7.32. The van der Waals surface area contributed by atoms with Crippen LogP contribution in [-0.4, -0.2) is 42.0 Å². The number of aromatic nitrogens is 1. The summed E-state index contributed by atoms with van der Waals surface area (Å²) < 4.78 is 15.5. The third-order valence-electron chi connectivity index (χ3n) is 4.27. The van der Waals surface area contributed by atoms with E-state index in [4.69, 9.17) is 37.4 Å². The Morgan fingerprint density at radius 1 is 1.07 bits per heavy atom. The van der Waals surface area contributed by atoms with E-state index in [1.807, 2.05) is 0 Å². The van der Waals surface area contributed by atoms with E-state index in [2.05, 4.69) is 4.98 Å². The number of halogens is 2. The Morgan fingerprint density at radius 2 is 1.72 bits per heavy atom. The number of Topliss-reactive ketones (excluding diaryl/α,β-unsaturated/α-hetero) is 1. The van der Waals surface area contributed by atoms with Gasteiger partial charge in [0.2, 0.25) is 5.78 Å². The fourth-order valence-electron chi connectivity index (χ4n) is 2.74. The number of hydrogen-bond acceptors (Lipinski definition) is 6. The van der Waals surface area contributed by atoms with Gasteiger partial charge in [0.15, 0.2) is 12.2 Å². The summed E-state index contributed by atoms with van der Waals surface area (Å²) in [6, 6.07) is 4.59. The largest absolute Gasteiger partial charge is 0.477 e. The predicted octanol–water partition coefficient (Wildman–Crippen LogP) is 4.31. The van der Waals surface area contributed by atoms with E-state index in [9.17, 15) is 14.4 Å². The normalized spacial score (nSPS) is 12.8. The molecule has 0 saturated carbocycles. The molecule has 0 aliphatic heterocycles. The monoisotopic (exact) mass is 441 g/mol. The molecular formula is C20H21Cl2NO6. The van der Waals surface area contributed by atoms with Crippen LogP contribution in [0.1, 0.15) is 46.0 Å². The van der Waals surface area contributed by atoms with Crippen LogP contribution in [0.5, 0.6) is 5.75 Å². The fraction of sp³-hybridized carbons (Fsp3) is 0.350. The number of hydrogen-bond donors (Lipinski definition) is 1. The molecule has 0 fully saturated rings. The number of ketones is 1. The number of esters is 2. The van der Waals surface area contributed by atoms with E-state index < -0.39 is 29.9 Å². The minimum Gasteiger partial charge on any atom is -0.477 e. The molecule has 29 heavy (non-hydrogen) atoms. The lowest BCUT2D eigenvalue weighted by atomic mass is 10.1. The number of nitrogens with one attached hydrogen (secondary N) is 1. The number of carbonyl (C=O) groups is 3. The molecule has 9 heteroatoms. The maximum absolute atomic E-state index is 12.7. The molecule has 0 aliphatic carbocycles. The molecule has 0 bridgehead atoms. The van der Waals surface area contributed by atoms with Crippen molar-refractivity contribution in [1.29, 1.82) is 0 Å². The molecule has 7 nitrogen and oxygen atoms in total. The zero-order valence-corrected chi connectivity index (χ0v) is 18.1. The van der Waals surface area contributed by atoms with Crippen LogP contribution in [0.3, 0.4) is 0 Å². The molecule has 2 atom stereocenters. The molecule has 0 radical (unpaired) electrons. The summed E-state index contributed by atoms with van der Waals surface area (Å²) in [7, 11) is 1.26. The van der Waals surface area contributed by atoms with Gasteiger partial charge in [0, 0.05) is 10.7 Å². The lowest BCUT2D eigenvalue weighted by molar-refractivity contribution is -0.153. The highest BCUT2D eigenvalue weighted by atomic mass is 35.5.